The van der Waals surface area contributed by atoms with Crippen LogP contribution < -0.4 is 5.32 Å². The zero-order chi connectivity index (χ0) is 16.6. The van der Waals surface area contributed by atoms with Gasteiger partial charge in [-0.25, -0.2) is 0 Å². The number of hydrogen-bond donors (Lipinski definition) is 2. The van der Waals surface area contributed by atoms with Gasteiger partial charge in [0.2, 0.25) is 5.91 Å². The highest BCUT2D eigenvalue weighted by atomic mass is 79.9. The van der Waals surface area contributed by atoms with E-state index in [1.54, 1.807) is 0 Å². The summed E-state index contributed by atoms with van der Waals surface area (Å²) < 4.78 is 1.00. The fourth-order valence-electron chi connectivity index (χ4n) is 3.37. The standard InChI is InChI=1S/C20H19BrN2O/c21-15-5-3-4-14(10-15)11-19(24)23-13-20(8-9-20)17-12-22-18-7-2-1-6-16(17)18/h1-7,10,12,22H,8-9,11,13H2,(H,23,24). The van der Waals surface area contributed by atoms with Gasteiger partial charge in [-0.05, 0) is 42.2 Å². The van der Waals surface area contributed by atoms with E-state index in [-0.39, 0.29) is 11.3 Å². The fourth-order valence-corrected chi connectivity index (χ4v) is 3.81. The maximum absolute atomic E-state index is 12.3. The van der Waals surface area contributed by atoms with Crippen LogP contribution in [0.2, 0.25) is 0 Å². The second-order valence-corrected chi connectivity index (χ2v) is 7.53. The number of carbonyl (C=O) groups is 1. The van der Waals surface area contributed by atoms with Crippen LogP contribution >= 0.6 is 15.9 Å². The van der Waals surface area contributed by atoms with Crippen molar-refractivity contribution < 1.29 is 4.79 Å². The van der Waals surface area contributed by atoms with E-state index in [1.807, 2.05) is 30.3 Å². The fraction of sp³-hybridized carbons (Fsp3) is 0.250. The topological polar surface area (TPSA) is 44.9 Å². The molecule has 1 fully saturated rings. The molecule has 4 heteroatoms. The zero-order valence-corrected chi connectivity index (χ0v) is 14.9. The summed E-state index contributed by atoms with van der Waals surface area (Å²) in [5.41, 5.74) is 3.63. The molecular weight excluding hydrogens is 364 g/mol. The third-order valence-corrected chi connectivity index (χ3v) is 5.39. The van der Waals surface area contributed by atoms with Crippen LogP contribution in [-0.2, 0) is 16.6 Å². The van der Waals surface area contributed by atoms with Crippen molar-refractivity contribution in [3.63, 3.8) is 0 Å². The number of hydrogen-bond acceptors (Lipinski definition) is 1. The molecule has 2 N–H and O–H groups in total. The lowest BCUT2D eigenvalue weighted by Gasteiger charge is -2.16. The van der Waals surface area contributed by atoms with Crippen LogP contribution in [0.15, 0.2) is 59.2 Å². The number of para-hydroxylation sites is 1. The summed E-state index contributed by atoms with van der Waals surface area (Å²) >= 11 is 3.45. The maximum Gasteiger partial charge on any atom is 0.224 e. The van der Waals surface area contributed by atoms with Crippen LogP contribution in [0.4, 0.5) is 0 Å². The quantitative estimate of drug-likeness (QED) is 0.677. The van der Waals surface area contributed by atoms with Crippen molar-refractivity contribution in [1.29, 1.82) is 0 Å². The summed E-state index contributed by atoms with van der Waals surface area (Å²) in [6, 6.07) is 16.3. The van der Waals surface area contributed by atoms with E-state index in [2.05, 4.69) is 50.6 Å². The average Bonchev–Trinajstić information content (AvgIpc) is 3.24. The summed E-state index contributed by atoms with van der Waals surface area (Å²) in [4.78, 5) is 15.6. The molecule has 0 saturated heterocycles. The van der Waals surface area contributed by atoms with Crippen LogP contribution in [0.1, 0.15) is 24.0 Å². The molecular formula is C20H19BrN2O. The molecule has 3 nitrogen and oxygen atoms in total. The molecule has 3 aromatic rings. The van der Waals surface area contributed by atoms with E-state index < -0.39 is 0 Å². The summed E-state index contributed by atoms with van der Waals surface area (Å²) in [5, 5.41) is 4.41. The Balaban J connectivity index is 1.44. The predicted octanol–water partition coefficient (Wildman–Crippen LogP) is 4.32. The molecule has 1 aromatic heterocycles. The smallest absolute Gasteiger partial charge is 0.224 e. The normalized spacial score (nSPS) is 15.4. The summed E-state index contributed by atoms with van der Waals surface area (Å²) in [6.45, 7) is 0.710. The first-order chi connectivity index (χ1) is 11.7. The van der Waals surface area contributed by atoms with Gasteiger partial charge in [-0.3, -0.25) is 4.79 Å². The molecule has 0 radical (unpaired) electrons. The zero-order valence-electron chi connectivity index (χ0n) is 13.3. The number of aromatic amines is 1. The van der Waals surface area contributed by atoms with Gasteiger partial charge in [0.1, 0.15) is 0 Å². The van der Waals surface area contributed by atoms with Gasteiger partial charge in [-0.2, -0.15) is 0 Å². The van der Waals surface area contributed by atoms with Crippen LogP contribution in [-0.4, -0.2) is 17.4 Å². The van der Waals surface area contributed by atoms with Gasteiger partial charge >= 0.3 is 0 Å². The molecule has 4 rings (SSSR count). The first kappa shape index (κ1) is 15.5. The minimum atomic E-state index is 0.0826. The number of fused-ring (bicyclic) bond motifs is 1. The van der Waals surface area contributed by atoms with E-state index in [9.17, 15) is 4.79 Å². The first-order valence-electron chi connectivity index (χ1n) is 8.24. The molecule has 1 aliphatic carbocycles. The Morgan fingerprint density at radius 2 is 2.00 bits per heavy atom. The lowest BCUT2D eigenvalue weighted by atomic mass is 9.95. The minimum absolute atomic E-state index is 0.0826. The molecule has 0 aliphatic heterocycles. The molecule has 1 aliphatic rings. The highest BCUT2D eigenvalue weighted by Crippen LogP contribution is 2.49. The van der Waals surface area contributed by atoms with E-state index in [0.717, 1.165) is 22.9 Å². The van der Waals surface area contributed by atoms with Crippen molar-refractivity contribution in [2.24, 2.45) is 0 Å². The van der Waals surface area contributed by atoms with Crippen LogP contribution in [0.3, 0.4) is 0 Å². The van der Waals surface area contributed by atoms with E-state index in [4.69, 9.17) is 0 Å². The monoisotopic (exact) mass is 382 g/mol. The Morgan fingerprint density at radius 1 is 1.17 bits per heavy atom. The van der Waals surface area contributed by atoms with E-state index in [1.165, 1.54) is 16.5 Å². The highest BCUT2D eigenvalue weighted by Gasteiger charge is 2.45. The number of carbonyl (C=O) groups excluding carboxylic acids is 1. The highest BCUT2D eigenvalue weighted by molar-refractivity contribution is 9.10. The Labute approximate surface area is 149 Å². The van der Waals surface area contributed by atoms with Gasteiger partial charge in [0, 0.05) is 33.5 Å². The van der Waals surface area contributed by atoms with Crippen LogP contribution in [0.5, 0.6) is 0 Å². The molecule has 0 unspecified atom stereocenters. The molecule has 122 valence electrons. The number of rotatable bonds is 5. The van der Waals surface area contributed by atoms with Crippen LogP contribution in [0, 0.1) is 0 Å². The SMILES string of the molecule is O=C(Cc1cccc(Br)c1)NCC1(c2c[nH]c3ccccc23)CC1. The van der Waals surface area contributed by atoms with Gasteiger partial charge in [-0.15, -0.1) is 0 Å². The molecule has 1 heterocycles. The van der Waals surface area contributed by atoms with Gasteiger partial charge < -0.3 is 10.3 Å². The molecule has 2 aromatic carbocycles. The average molecular weight is 383 g/mol. The van der Waals surface area contributed by atoms with Crippen molar-refractivity contribution in [2.75, 3.05) is 6.54 Å². The largest absolute Gasteiger partial charge is 0.361 e. The minimum Gasteiger partial charge on any atom is -0.361 e. The Hall–Kier alpha value is -2.07. The Morgan fingerprint density at radius 3 is 2.79 bits per heavy atom. The number of halogens is 1. The molecule has 1 saturated carbocycles. The Bertz CT molecular complexity index is 895. The number of amides is 1. The summed E-state index contributed by atoms with van der Waals surface area (Å²) in [6.07, 6.45) is 4.79. The molecule has 0 atom stereocenters. The third kappa shape index (κ3) is 2.98. The van der Waals surface area contributed by atoms with Gasteiger partial charge in [-0.1, -0.05) is 46.3 Å². The Kier molecular flexibility index (Phi) is 3.93. The molecule has 0 spiro atoms. The summed E-state index contributed by atoms with van der Waals surface area (Å²) in [7, 11) is 0. The number of aromatic nitrogens is 1. The second-order valence-electron chi connectivity index (χ2n) is 6.61. The van der Waals surface area contributed by atoms with Gasteiger partial charge in [0.05, 0.1) is 6.42 Å². The predicted molar refractivity (Wildman–Crippen MR) is 100 cm³/mol. The number of H-pyrrole nitrogens is 1. The van der Waals surface area contributed by atoms with Crippen molar-refractivity contribution in [1.82, 2.24) is 10.3 Å². The first-order valence-corrected chi connectivity index (χ1v) is 9.03. The second kappa shape index (κ2) is 6.10. The lowest BCUT2D eigenvalue weighted by molar-refractivity contribution is -0.120. The maximum atomic E-state index is 12.3. The third-order valence-electron chi connectivity index (χ3n) is 4.89. The van der Waals surface area contributed by atoms with Gasteiger partial charge in [0.15, 0.2) is 0 Å². The number of nitrogens with one attached hydrogen (secondary N) is 2. The van der Waals surface area contributed by atoms with E-state index in [0.29, 0.717) is 13.0 Å². The molecule has 24 heavy (non-hydrogen) atoms. The summed E-state index contributed by atoms with van der Waals surface area (Å²) in [5.74, 6) is 0.0826. The molecule has 1 amide bonds. The van der Waals surface area contributed by atoms with Crippen molar-refractivity contribution in [3.05, 3.63) is 70.3 Å². The van der Waals surface area contributed by atoms with Gasteiger partial charge in [0.25, 0.3) is 0 Å². The lowest BCUT2D eigenvalue weighted by Crippen LogP contribution is -2.33. The van der Waals surface area contributed by atoms with Crippen molar-refractivity contribution in [3.8, 4) is 0 Å². The van der Waals surface area contributed by atoms with Crippen molar-refractivity contribution >= 4 is 32.7 Å². The number of benzene rings is 2. The van der Waals surface area contributed by atoms with E-state index >= 15 is 0 Å². The molecule has 0 bridgehead atoms. The van der Waals surface area contributed by atoms with Crippen LogP contribution in [0.25, 0.3) is 10.9 Å². The van der Waals surface area contributed by atoms with Crippen molar-refractivity contribution in [2.45, 2.75) is 24.7 Å².